The van der Waals surface area contributed by atoms with E-state index in [0.717, 1.165) is 16.7 Å². The van der Waals surface area contributed by atoms with E-state index in [4.69, 9.17) is 14.0 Å². The van der Waals surface area contributed by atoms with Gasteiger partial charge in [-0.2, -0.15) is 0 Å². The molecule has 0 aliphatic rings. The third kappa shape index (κ3) is 3.23. The fraction of sp³-hybridized carbons (Fsp3) is 0.111. The SMILES string of the molecule is COc1ccc(-c2cc(=NOC(C)=O)c3ccccc3o2)cc1. The van der Waals surface area contributed by atoms with Gasteiger partial charge in [0.2, 0.25) is 0 Å². The maximum atomic E-state index is 11.0. The minimum atomic E-state index is -0.471. The van der Waals surface area contributed by atoms with Crippen molar-refractivity contribution in [3.63, 3.8) is 0 Å². The number of rotatable bonds is 3. The van der Waals surface area contributed by atoms with Gasteiger partial charge in [0.25, 0.3) is 0 Å². The summed E-state index contributed by atoms with van der Waals surface area (Å²) in [5, 5.41) is 5.22. The van der Waals surface area contributed by atoms with Crippen LogP contribution in [-0.4, -0.2) is 13.1 Å². The van der Waals surface area contributed by atoms with E-state index in [0.29, 0.717) is 16.7 Å². The number of carbonyl (C=O) groups excluding carboxylic acids is 1. The first-order valence-corrected chi connectivity index (χ1v) is 7.06. The Balaban J connectivity index is 2.17. The molecule has 0 fully saturated rings. The second kappa shape index (κ2) is 6.36. The largest absolute Gasteiger partial charge is 0.497 e. The number of hydrogen-bond acceptors (Lipinski definition) is 5. The van der Waals surface area contributed by atoms with Crippen LogP contribution in [0.4, 0.5) is 0 Å². The van der Waals surface area contributed by atoms with Crippen molar-refractivity contribution in [1.82, 2.24) is 0 Å². The highest BCUT2D eigenvalue weighted by Gasteiger charge is 2.06. The summed E-state index contributed by atoms with van der Waals surface area (Å²) in [5.41, 5.74) is 1.53. The summed E-state index contributed by atoms with van der Waals surface area (Å²) in [6.45, 7) is 1.31. The number of ether oxygens (including phenoxy) is 1. The van der Waals surface area contributed by atoms with E-state index in [9.17, 15) is 4.79 Å². The summed E-state index contributed by atoms with van der Waals surface area (Å²) in [6, 6.07) is 16.7. The van der Waals surface area contributed by atoms with Gasteiger partial charge in [-0.15, -0.1) is 0 Å². The molecule has 3 aromatic rings. The number of carbonyl (C=O) groups is 1. The van der Waals surface area contributed by atoms with Crippen LogP contribution in [0.1, 0.15) is 6.92 Å². The molecule has 0 atom stereocenters. The molecule has 0 N–H and O–H groups in total. The number of methoxy groups -OCH3 is 1. The molecule has 1 heterocycles. The number of hydrogen-bond donors (Lipinski definition) is 0. The molecule has 2 aromatic carbocycles. The number of fused-ring (bicyclic) bond motifs is 1. The van der Waals surface area contributed by atoms with E-state index in [1.165, 1.54) is 6.92 Å². The Morgan fingerprint density at radius 2 is 1.83 bits per heavy atom. The summed E-state index contributed by atoms with van der Waals surface area (Å²) >= 11 is 0. The molecule has 116 valence electrons. The quantitative estimate of drug-likeness (QED) is 0.549. The minimum Gasteiger partial charge on any atom is -0.497 e. The average molecular weight is 309 g/mol. The van der Waals surface area contributed by atoms with E-state index in [1.54, 1.807) is 13.2 Å². The van der Waals surface area contributed by atoms with E-state index in [1.807, 2.05) is 48.5 Å². The molecule has 1 aromatic heterocycles. The monoisotopic (exact) mass is 309 g/mol. The fourth-order valence-electron chi connectivity index (χ4n) is 2.20. The smallest absolute Gasteiger partial charge is 0.332 e. The van der Waals surface area contributed by atoms with Gasteiger partial charge in [-0.3, -0.25) is 0 Å². The van der Waals surface area contributed by atoms with Crippen LogP contribution in [-0.2, 0) is 9.63 Å². The van der Waals surface area contributed by atoms with Crippen molar-refractivity contribution in [1.29, 1.82) is 0 Å². The van der Waals surface area contributed by atoms with Gasteiger partial charge in [0.15, 0.2) is 0 Å². The van der Waals surface area contributed by atoms with Gasteiger partial charge in [0.05, 0.1) is 7.11 Å². The fourth-order valence-corrected chi connectivity index (χ4v) is 2.20. The van der Waals surface area contributed by atoms with Crippen molar-refractivity contribution >= 4 is 16.9 Å². The standard InChI is InChI=1S/C18H15NO4/c1-12(20)23-19-16-11-18(13-7-9-14(21-2)10-8-13)22-17-6-4-3-5-15(16)17/h3-11H,1-2H3. The lowest BCUT2D eigenvalue weighted by atomic mass is 10.1. The second-order valence-corrected chi connectivity index (χ2v) is 4.89. The van der Waals surface area contributed by atoms with Crippen LogP contribution in [0.3, 0.4) is 0 Å². The van der Waals surface area contributed by atoms with Gasteiger partial charge in [-0.25, -0.2) is 4.79 Å². The van der Waals surface area contributed by atoms with E-state index >= 15 is 0 Å². The van der Waals surface area contributed by atoms with Gasteiger partial charge in [0, 0.05) is 23.9 Å². The molecular weight excluding hydrogens is 294 g/mol. The predicted octanol–water partition coefficient (Wildman–Crippen LogP) is 3.49. The maximum absolute atomic E-state index is 11.0. The second-order valence-electron chi connectivity index (χ2n) is 4.89. The molecular formula is C18H15NO4. The minimum absolute atomic E-state index is 0.471. The molecule has 0 spiro atoms. The van der Waals surface area contributed by atoms with Gasteiger partial charge < -0.3 is 14.0 Å². The Hall–Kier alpha value is -3.08. The van der Waals surface area contributed by atoms with Gasteiger partial charge in [0.1, 0.15) is 22.5 Å². The third-order valence-electron chi connectivity index (χ3n) is 3.30. The lowest BCUT2D eigenvalue weighted by Crippen LogP contribution is -2.06. The Morgan fingerprint density at radius 1 is 1.09 bits per heavy atom. The zero-order valence-corrected chi connectivity index (χ0v) is 12.8. The first-order valence-electron chi connectivity index (χ1n) is 7.06. The number of benzene rings is 2. The molecule has 0 bridgehead atoms. The van der Waals surface area contributed by atoms with Crippen LogP contribution in [0.5, 0.6) is 5.75 Å². The van der Waals surface area contributed by atoms with Crippen molar-refractivity contribution in [3.8, 4) is 17.1 Å². The maximum Gasteiger partial charge on any atom is 0.332 e. The van der Waals surface area contributed by atoms with Crippen molar-refractivity contribution < 1.29 is 18.8 Å². The molecule has 0 amide bonds. The summed E-state index contributed by atoms with van der Waals surface area (Å²) in [7, 11) is 1.62. The normalized spacial score (nSPS) is 11.5. The number of para-hydroxylation sites is 1. The Kier molecular flexibility index (Phi) is 4.10. The van der Waals surface area contributed by atoms with Crippen molar-refractivity contribution in [3.05, 3.63) is 60.0 Å². The van der Waals surface area contributed by atoms with Crippen LogP contribution in [0, 0.1) is 0 Å². The first-order chi connectivity index (χ1) is 11.2. The Morgan fingerprint density at radius 3 is 2.52 bits per heavy atom. The highest BCUT2D eigenvalue weighted by Crippen LogP contribution is 2.24. The van der Waals surface area contributed by atoms with Crippen LogP contribution < -0.4 is 10.1 Å². The Bertz CT molecular complexity index is 910. The van der Waals surface area contributed by atoms with Crippen molar-refractivity contribution in [2.24, 2.45) is 5.16 Å². The third-order valence-corrected chi connectivity index (χ3v) is 3.30. The summed E-state index contributed by atoms with van der Waals surface area (Å²) in [4.78, 5) is 15.8. The van der Waals surface area contributed by atoms with Crippen molar-refractivity contribution in [2.45, 2.75) is 6.92 Å². The molecule has 0 saturated carbocycles. The lowest BCUT2D eigenvalue weighted by molar-refractivity contribution is -0.141. The van der Waals surface area contributed by atoms with Gasteiger partial charge >= 0.3 is 5.97 Å². The summed E-state index contributed by atoms with van der Waals surface area (Å²) in [6.07, 6.45) is 0. The van der Waals surface area contributed by atoms with Crippen LogP contribution >= 0.6 is 0 Å². The van der Waals surface area contributed by atoms with E-state index < -0.39 is 5.97 Å². The van der Waals surface area contributed by atoms with Gasteiger partial charge in [-0.05, 0) is 36.4 Å². The average Bonchev–Trinajstić information content (AvgIpc) is 2.59. The molecule has 0 unspecified atom stereocenters. The molecule has 0 saturated heterocycles. The topological polar surface area (TPSA) is 61.0 Å². The van der Waals surface area contributed by atoms with Crippen LogP contribution in [0.25, 0.3) is 22.3 Å². The molecule has 5 nitrogen and oxygen atoms in total. The molecule has 0 radical (unpaired) electrons. The molecule has 5 heteroatoms. The predicted molar refractivity (Wildman–Crippen MR) is 85.5 cm³/mol. The zero-order chi connectivity index (χ0) is 16.2. The highest BCUT2D eigenvalue weighted by atomic mass is 16.7. The highest BCUT2D eigenvalue weighted by molar-refractivity contribution is 5.78. The zero-order valence-electron chi connectivity index (χ0n) is 12.8. The molecule has 0 aliphatic heterocycles. The van der Waals surface area contributed by atoms with Gasteiger partial charge in [-0.1, -0.05) is 17.3 Å². The Labute approximate surface area is 132 Å². The number of nitrogens with zero attached hydrogens (tertiary/aromatic N) is 1. The van der Waals surface area contributed by atoms with Crippen LogP contribution in [0.2, 0.25) is 0 Å². The lowest BCUT2D eigenvalue weighted by Gasteiger charge is -2.05. The molecule has 23 heavy (non-hydrogen) atoms. The molecule has 3 rings (SSSR count). The summed E-state index contributed by atoms with van der Waals surface area (Å²) < 4.78 is 11.1. The van der Waals surface area contributed by atoms with E-state index in [2.05, 4.69) is 5.16 Å². The van der Waals surface area contributed by atoms with Crippen molar-refractivity contribution in [2.75, 3.05) is 7.11 Å². The first kappa shape index (κ1) is 14.8. The van der Waals surface area contributed by atoms with E-state index in [-0.39, 0.29) is 0 Å². The molecule has 0 aliphatic carbocycles. The van der Waals surface area contributed by atoms with Crippen LogP contribution in [0.15, 0.2) is 64.2 Å². The summed E-state index contributed by atoms with van der Waals surface area (Å²) in [5.74, 6) is 0.914.